The van der Waals surface area contributed by atoms with Gasteiger partial charge in [-0.05, 0) is 31.6 Å². The van der Waals surface area contributed by atoms with Crippen LogP contribution in [0.3, 0.4) is 0 Å². The zero-order valence-electron chi connectivity index (χ0n) is 11.3. The van der Waals surface area contributed by atoms with Gasteiger partial charge in [-0.2, -0.15) is 0 Å². The largest absolute Gasteiger partial charge is 0.357 e. The Morgan fingerprint density at radius 1 is 1.06 bits per heavy atom. The van der Waals surface area contributed by atoms with E-state index in [1.807, 2.05) is 0 Å². The van der Waals surface area contributed by atoms with Gasteiger partial charge in [-0.25, -0.2) is 8.78 Å². The van der Waals surface area contributed by atoms with Gasteiger partial charge in [0, 0.05) is 24.8 Å². The number of ether oxygens (including phenoxy) is 1. The van der Waals surface area contributed by atoms with E-state index in [-0.39, 0.29) is 18.9 Å². The Balaban J connectivity index is 1.72. The minimum Gasteiger partial charge on any atom is -0.357 e. The van der Waals surface area contributed by atoms with Crippen molar-refractivity contribution in [2.75, 3.05) is 6.54 Å². The molecule has 0 aromatic carbocycles. The van der Waals surface area contributed by atoms with E-state index >= 15 is 0 Å². The molecule has 1 saturated heterocycles. The van der Waals surface area contributed by atoms with Gasteiger partial charge < -0.3 is 4.74 Å². The summed E-state index contributed by atoms with van der Waals surface area (Å²) in [6, 6.07) is 0. The highest BCUT2D eigenvalue weighted by atomic mass is 19.3. The Bertz CT molecular complexity index is 323. The molecule has 1 N–H and O–H groups in total. The van der Waals surface area contributed by atoms with Gasteiger partial charge in [0.15, 0.2) is 0 Å². The number of hydrogen-bond donors (Lipinski definition) is 1. The molecule has 2 nitrogen and oxygen atoms in total. The SMILES string of the molecule is CC(C)C1OC2(CCC(F)(F)CC2)NCC12CC2. The van der Waals surface area contributed by atoms with Gasteiger partial charge in [-0.1, -0.05) is 13.8 Å². The van der Waals surface area contributed by atoms with Crippen LogP contribution >= 0.6 is 0 Å². The Labute approximate surface area is 107 Å². The zero-order valence-corrected chi connectivity index (χ0v) is 11.3. The van der Waals surface area contributed by atoms with Gasteiger partial charge in [-0.15, -0.1) is 0 Å². The van der Waals surface area contributed by atoms with E-state index in [1.165, 1.54) is 12.8 Å². The Hall–Kier alpha value is -0.220. The molecule has 1 heterocycles. The van der Waals surface area contributed by atoms with Crippen LogP contribution in [0.4, 0.5) is 8.78 Å². The molecule has 3 rings (SSSR count). The summed E-state index contributed by atoms with van der Waals surface area (Å²) in [5, 5.41) is 3.45. The predicted octanol–water partition coefficient (Wildman–Crippen LogP) is 3.32. The molecule has 0 bridgehead atoms. The lowest BCUT2D eigenvalue weighted by atomic mass is 9.82. The van der Waals surface area contributed by atoms with Gasteiger partial charge in [0.25, 0.3) is 0 Å². The first-order chi connectivity index (χ1) is 8.37. The number of hydrogen-bond acceptors (Lipinski definition) is 2. The van der Waals surface area contributed by atoms with Crippen LogP contribution < -0.4 is 5.32 Å². The second kappa shape index (κ2) is 3.89. The van der Waals surface area contributed by atoms with Crippen LogP contribution in [0.1, 0.15) is 52.4 Å². The first-order valence-electron chi connectivity index (χ1n) is 7.17. The summed E-state index contributed by atoms with van der Waals surface area (Å²) in [4.78, 5) is 0. The molecular formula is C14H23F2NO. The predicted molar refractivity (Wildman–Crippen MR) is 65.5 cm³/mol. The fraction of sp³-hybridized carbons (Fsp3) is 1.00. The second-order valence-electron chi connectivity index (χ2n) is 6.85. The fourth-order valence-corrected chi connectivity index (χ4v) is 3.63. The van der Waals surface area contributed by atoms with Crippen LogP contribution in [0.5, 0.6) is 0 Å². The summed E-state index contributed by atoms with van der Waals surface area (Å²) in [5.41, 5.74) is -0.163. The maximum absolute atomic E-state index is 13.3. The molecule has 1 aliphatic heterocycles. The third-order valence-electron chi connectivity index (χ3n) is 5.01. The molecule has 4 heteroatoms. The Morgan fingerprint density at radius 2 is 1.67 bits per heavy atom. The normalized spacial score (nSPS) is 36.2. The van der Waals surface area contributed by atoms with Crippen molar-refractivity contribution in [3.05, 3.63) is 0 Å². The van der Waals surface area contributed by atoms with Crippen molar-refractivity contribution < 1.29 is 13.5 Å². The standard InChI is InChI=1S/C14H23F2NO/c1-10(2)11-12(3-4-12)9-17-14(18-11)7-5-13(15,16)6-8-14/h10-11,17H,3-9H2,1-2H3. The molecule has 2 saturated carbocycles. The number of rotatable bonds is 1. The number of alkyl halides is 2. The summed E-state index contributed by atoms with van der Waals surface area (Å²) >= 11 is 0. The van der Waals surface area contributed by atoms with E-state index < -0.39 is 11.6 Å². The molecule has 1 atom stereocenters. The van der Waals surface area contributed by atoms with Crippen LogP contribution in [0.15, 0.2) is 0 Å². The minimum atomic E-state index is -2.49. The molecule has 1 unspecified atom stereocenters. The van der Waals surface area contributed by atoms with Crippen molar-refractivity contribution >= 4 is 0 Å². The summed E-state index contributed by atoms with van der Waals surface area (Å²) in [7, 11) is 0. The summed E-state index contributed by atoms with van der Waals surface area (Å²) in [6.07, 6.45) is 3.48. The van der Waals surface area contributed by atoms with Gasteiger partial charge in [0.05, 0.1) is 6.10 Å². The van der Waals surface area contributed by atoms with Crippen molar-refractivity contribution in [2.24, 2.45) is 11.3 Å². The Kier molecular flexibility index (Phi) is 2.76. The first-order valence-corrected chi connectivity index (χ1v) is 7.17. The topological polar surface area (TPSA) is 21.3 Å². The van der Waals surface area contributed by atoms with Gasteiger partial charge in [0.1, 0.15) is 5.72 Å². The molecule has 2 aliphatic carbocycles. The average molecular weight is 259 g/mol. The average Bonchev–Trinajstić information content (AvgIpc) is 3.07. The van der Waals surface area contributed by atoms with E-state index in [1.54, 1.807) is 0 Å². The highest BCUT2D eigenvalue weighted by Crippen LogP contribution is 2.56. The van der Waals surface area contributed by atoms with Crippen molar-refractivity contribution in [3.8, 4) is 0 Å². The molecule has 3 aliphatic rings. The number of nitrogens with one attached hydrogen (secondary N) is 1. The lowest BCUT2D eigenvalue weighted by Crippen LogP contribution is -2.62. The van der Waals surface area contributed by atoms with Crippen molar-refractivity contribution in [1.29, 1.82) is 0 Å². The molecular weight excluding hydrogens is 236 g/mol. The van der Waals surface area contributed by atoms with E-state index in [4.69, 9.17) is 4.74 Å². The molecule has 104 valence electrons. The van der Waals surface area contributed by atoms with E-state index in [0.29, 0.717) is 24.2 Å². The highest BCUT2D eigenvalue weighted by molar-refractivity contribution is 5.08. The van der Waals surface area contributed by atoms with Gasteiger partial charge in [0.2, 0.25) is 5.92 Å². The van der Waals surface area contributed by atoms with Crippen molar-refractivity contribution in [1.82, 2.24) is 5.32 Å². The minimum absolute atomic E-state index is 0.0438. The lowest BCUT2D eigenvalue weighted by molar-refractivity contribution is -0.221. The van der Waals surface area contributed by atoms with Crippen molar-refractivity contribution in [3.63, 3.8) is 0 Å². The molecule has 3 fully saturated rings. The van der Waals surface area contributed by atoms with Crippen LogP contribution in [-0.4, -0.2) is 24.3 Å². The summed E-state index contributed by atoms with van der Waals surface area (Å²) < 4.78 is 32.9. The lowest BCUT2D eigenvalue weighted by Gasteiger charge is -2.50. The monoisotopic (exact) mass is 259 g/mol. The van der Waals surface area contributed by atoms with Crippen LogP contribution in [0.25, 0.3) is 0 Å². The third kappa shape index (κ3) is 2.07. The fourth-order valence-electron chi connectivity index (χ4n) is 3.63. The smallest absolute Gasteiger partial charge is 0.248 e. The molecule has 0 radical (unpaired) electrons. The molecule has 0 aromatic rings. The summed E-state index contributed by atoms with van der Waals surface area (Å²) in [6.45, 7) is 5.31. The van der Waals surface area contributed by atoms with Crippen LogP contribution in [-0.2, 0) is 4.74 Å². The molecule has 0 aromatic heterocycles. The van der Waals surface area contributed by atoms with E-state index in [2.05, 4.69) is 19.2 Å². The molecule has 0 amide bonds. The van der Waals surface area contributed by atoms with E-state index in [9.17, 15) is 8.78 Å². The molecule has 2 spiro atoms. The van der Waals surface area contributed by atoms with Crippen molar-refractivity contribution in [2.45, 2.75) is 70.1 Å². The maximum atomic E-state index is 13.3. The highest BCUT2D eigenvalue weighted by Gasteiger charge is 2.58. The Morgan fingerprint density at radius 3 is 2.17 bits per heavy atom. The quantitative estimate of drug-likeness (QED) is 0.780. The maximum Gasteiger partial charge on any atom is 0.248 e. The molecule has 18 heavy (non-hydrogen) atoms. The first kappa shape index (κ1) is 12.8. The van der Waals surface area contributed by atoms with Crippen LogP contribution in [0, 0.1) is 11.3 Å². The van der Waals surface area contributed by atoms with Crippen LogP contribution in [0.2, 0.25) is 0 Å². The van der Waals surface area contributed by atoms with E-state index in [0.717, 1.165) is 6.54 Å². The second-order valence-corrected chi connectivity index (χ2v) is 6.85. The van der Waals surface area contributed by atoms with Gasteiger partial charge in [-0.3, -0.25) is 5.32 Å². The summed E-state index contributed by atoms with van der Waals surface area (Å²) in [5.74, 6) is -2.02. The van der Waals surface area contributed by atoms with Gasteiger partial charge >= 0.3 is 0 Å². The third-order valence-corrected chi connectivity index (χ3v) is 5.01. The zero-order chi connectivity index (χ0) is 13.0. The number of halogens is 2.